The standard InChI is InChI=1S/C13H20N2O/c1-8(2)11-6-5-9(3)12(7-11)10(4)13(16)15-14/h5-8,10H,14H2,1-4H3,(H,15,16). The summed E-state index contributed by atoms with van der Waals surface area (Å²) in [5, 5.41) is 0. The zero-order chi connectivity index (χ0) is 12.3. The molecule has 0 heterocycles. The SMILES string of the molecule is Cc1ccc(C(C)C)cc1C(C)C(=O)NN. The summed E-state index contributed by atoms with van der Waals surface area (Å²) in [6.45, 7) is 8.17. The summed E-state index contributed by atoms with van der Waals surface area (Å²) < 4.78 is 0. The highest BCUT2D eigenvalue weighted by Crippen LogP contribution is 2.24. The van der Waals surface area contributed by atoms with Gasteiger partial charge in [-0.2, -0.15) is 0 Å². The Morgan fingerprint density at radius 3 is 2.44 bits per heavy atom. The lowest BCUT2D eigenvalue weighted by Crippen LogP contribution is -2.34. The molecule has 0 aliphatic rings. The first kappa shape index (κ1) is 12.7. The van der Waals surface area contributed by atoms with E-state index >= 15 is 0 Å². The largest absolute Gasteiger partial charge is 0.294 e. The van der Waals surface area contributed by atoms with E-state index in [1.165, 1.54) is 5.56 Å². The van der Waals surface area contributed by atoms with Crippen molar-refractivity contribution in [3.8, 4) is 0 Å². The third-order valence-electron chi connectivity index (χ3n) is 2.97. The van der Waals surface area contributed by atoms with Crippen LogP contribution in [-0.4, -0.2) is 5.91 Å². The van der Waals surface area contributed by atoms with Crippen LogP contribution in [0.4, 0.5) is 0 Å². The Morgan fingerprint density at radius 1 is 1.31 bits per heavy atom. The number of carbonyl (C=O) groups excluding carboxylic acids is 1. The van der Waals surface area contributed by atoms with E-state index in [1.54, 1.807) is 0 Å². The van der Waals surface area contributed by atoms with Crippen LogP contribution in [0.2, 0.25) is 0 Å². The summed E-state index contributed by atoms with van der Waals surface area (Å²) >= 11 is 0. The highest BCUT2D eigenvalue weighted by Gasteiger charge is 2.16. The van der Waals surface area contributed by atoms with E-state index in [1.807, 2.05) is 13.8 Å². The third-order valence-corrected chi connectivity index (χ3v) is 2.97. The van der Waals surface area contributed by atoms with Crippen LogP contribution in [0.5, 0.6) is 0 Å². The number of hydrazine groups is 1. The lowest BCUT2D eigenvalue weighted by molar-refractivity contribution is -0.122. The molecule has 88 valence electrons. The molecule has 16 heavy (non-hydrogen) atoms. The number of rotatable bonds is 3. The molecule has 3 nitrogen and oxygen atoms in total. The highest BCUT2D eigenvalue weighted by molar-refractivity contribution is 5.83. The summed E-state index contributed by atoms with van der Waals surface area (Å²) in [5.74, 6) is 5.27. The molecule has 0 fully saturated rings. The molecule has 3 heteroatoms. The van der Waals surface area contributed by atoms with Gasteiger partial charge < -0.3 is 0 Å². The zero-order valence-electron chi connectivity index (χ0n) is 10.4. The quantitative estimate of drug-likeness (QED) is 0.466. The van der Waals surface area contributed by atoms with Crippen LogP contribution in [0.15, 0.2) is 18.2 Å². The minimum absolute atomic E-state index is 0.149. The van der Waals surface area contributed by atoms with Gasteiger partial charge in [0, 0.05) is 0 Å². The van der Waals surface area contributed by atoms with Gasteiger partial charge in [-0.1, -0.05) is 32.0 Å². The van der Waals surface area contributed by atoms with Crippen molar-refractivity contribution < 1.29 is 4.79 Å². The topological polar surface area (TPSA) is 55.1 Å². The number of nitrogens with one attached hydrogen (secondary N) is 1. The van der Waals surface area contributed by atoms with Gasteiger partial charge in [0.05, 0.1) is 5.92 Å². The van der Waals surface area contributed by atoms with Gasteiger partial charge in [0.1, 0.15) is 0 Å². The van der Waals surface area contributed by atoms with Crippen molar-refractivity contribution in [2.24, 2.45) is 5.84 Å². The van der Waals surface area contributed by atoms with Gasteiger partial charge in [-0.15, -0.1) is 0 Å². The molecular weight excluding hydrogens is 200 g/mol. The van der Waals surface area contributed by atoms with E-state index in [0.717, 1.165) is 11.1 Å². The molecular formula is C13H20N2O. The number of hydrogen-bond acceptors (Lipinski definition) is 2. The fourth-order valence-corrected chi connectivity index (χ4v) is 1.75. The molecule has 1 atom stereocenters. The van der Waals surface area contributed by atoms with Gasteiger partial charge in [-0.25, -0.2) is 5.84 Å². The van der Waals surface area contributed by atoms with Crippen molar-refractivity contribution in [3.05, 3.63) is 34.9 Å². The van der Waals surface area contributed by atoms with Gasteiger partial charge >= 0.3 is 0 Å². The van der Waals surface area contributed by atoms with Crippen LogP contribution in [0.3, 0.4) is 0 Å². The van der Waals surface area contributed by atoms with Gasteiger partial charge in [-0.3, -0.25) is 10.2 Å². The predicted octanol–water partition coefficient (Wildman–Crippen LogP) is 2.21. The molecule has 1 rings (SSSR count). The van der Waals surface area contributed by atoms with Crippen LogP contribution >= 0.6 is 0 Å². The molecule has 0 saturated carbocycles. The van der Waals surface area contributed by atoms with E-state index in [0.29, 0.717) is 5.92 Å². The van der Waals surface area contributed by atoms with E-state index in [9.17, 15) is 4.79 Å². The summed E-state index contributed by atoms with van der Waals surface area (Å²) in [4.78, 5) is 11.5. The van der Waals surface area contributed by atoms with Crippen molar-refractivity contribution in [1.29, 1.82) is 0 Å². The number of benzene rings is 1. The molecule has 1 unspecified atom stereocenters. The molecule has 0 aliphatic heterocycles. The Hall–Kier alpha value is -1.35. The molecule has 0 aliphatic carbocycles. The van der Waals surface area contributed by atoms with Crippen molar-refractivity contribution in [2.45, 2.75) is 39.5 Å². The molecule has 0 aromatic heterocycles. The van der Waals surface area contributed by atoms with E-state index < -0.39 is 0 Å². The zero-order valence-corrected chi connectivity index (χ0v) is 10.4. The predicted molar refractivity (Wildman–Crippen MR) is 66.0 cm³/mol. The monoisotopic (exact) mass is 220 g/mol. The van der Waals surface area contributed by atoms with Crippen LogP contribution in [-0.2, 0) is 4.79 Å². The van der Waals surface area contributed by atoms with E-state index in [4.69, 9.17) is 5.84 Å². The van der Waals surface area contributed by atoms with Gasteiger partial charge in [0.2, 0.25) is 5.91 Å². The molecule has 0 saturated heterocycles. The molecule has 1 amide bonds. The molecule has 0 bridgehead atoms. The summed E-state index contributed by atoms with van der Waals surface area (Å²) in [7, 11) is 0. The first-order valence-electron chi connectivity index (χ1n) is 5.58. The fourth-order valence-electron chi connectivity index (χ4n) is 1.75. The lowest BCUT2D eigenvalue weighted by Gasteiger charge is -2.16. The van der Waals surface area contributed by atoms with Crippen LogP contribution in [0.25, 0.3) is 0 Å². The Balaban J connectivity index is 3.11. The van der Waals surface area contributed by atoms with Gasteiger partial charge in [0.15, 0.2) is 0 Å². The Labute approximate surface area is 97.0 Å². The van der Waals surface area contributed by atoms with E-state index in [2.05, 4.69) is 37.5 Å². The number of amides is 1. The van der Waals surface area contributed by atoms with Crippen molar-refractivity contribution >= 4 is 5.91 Å². The second kappa shape index (κ2) is 5.12. The molecule has 0 spiro atoms. The number of nitrogens with two attached hydrogens (primary N) is 1. The normalized spacial score (nSPS) is 12.6. The van der Waals surface area contributed by atoms with Crippen LogP contribution < -0.4 is 11.3 Å². The lowest BCUT2D eigenvalue weighted by atomic mass is 9.91. The first-order chi connectivity index (χ1) is 7.47. The summed E-state index contributed by atoms with van der Waals surface area (Å²) in [5.41, 5.74) is 5.62. The van der Waals surface area contributed by atoms with E-state index in [-0.39, 0.29) is 11.8 Å². The summed E-state index contributed by atoms with van der Waals surface area (Å²) in [6.07, 6.45) is 0. The maximum absolute atomic E-state index is 11.5. The van der Waals surface area contributed by atoms with Crippen molar-refractivity contribution in [2.75, 3.05) is 0 Å². The highest BCUT2D eigenvalue weighted by atomic mass is 16.2. The Morgan fingerprint density at radius 2 is 1.94 bits per heavy atom. The number of aryl methyl sites for hydroxylation is 1. The van der Waals surface area contributed by atoms with Crippen molar-refractivity contribution in [1.82, 2.24) is 5.43 Å². The maximum Gasteiger partial charge on any atom is 0.241 e. The number of carbonyl (C=O) groups is 1. The number of hydrogen-bond donors (Lipinski definition) is 2. The molecule has 1 aromatic rings. The minimum atomic E-state index is -0.205. The second-order valence-electron chi connectivity index (χ2n) is 4.50. The molecule has 3 N–H and O–H groups in total. The van der Waals surface area contributed by atoms with Gasteiger partial charge in [-0.05, 0) is 36.5 Å². The molecule has 1 aromatic carbocycles. The van der Waals surface area contributed by atoms with Crippen LogP contribution in [0, 0.1) is 6.92 Å². The third kappa shape index (κ3) is 2.61. The Bertz CT molecular complexity index is 386. The van der Waals surface area contributed by atoms with Crippen LogP contribution in [0.1, 0.15) is 49.3 Å². The molecule has 0 radical (unpaired) electrons. The smallest absolute Gasteiger partial charge is 0.241 e. The van der Waals surface area contributed by atoms with Crippen molar-refractivity contribution in [3.63, 3.8) is 0 Å². The maximum atomic E-state index is 11.5. The fraction of sp³-hybridized carbons (Fsp3) is 0.462. The first-order valence-corrected chi connectivity index (χ1v) is 5.58. The average Bonchev–Trinajstić information content (AvgIpc) is 2.27. The average molecular weight is 220 g/mol. The second-order valence-corrected chi connectivity index (χ2v) is 4.50. The summed E-state index contributed by atoms with van der Waals surface area (Å²) in [6, 6.07) is 6.27. The Kier molecular flexibility index (Phi) is 4.07. The minimum Gasteiger partial charge on any atom is -0.294 e. The van der Waals surface area contributed by atoms with Gasteiger partial charge in [0.25, 0.3) is 0 Å².